The second-order valence-corrected chi connectivity index (χ2v) is 9.04. The van der Waals surface area contributed by atoms with Gasteiger partial charge < -0.3 is 20.1 Å². The lowest BCUT2D eigenvalue weighted by molar-refractivity contribution is 0.0288. The lowest BCUT2D eigenvalue weighted by Gasteiger charge is -2.24. The van der Waals surface area contributed by atoms with Crippen LogP contribution in [0.2, 0.25) is 0 Å². The molecule has 2 N–H and O–H groups in total. The third-order valence-corrected chi connectivity index (χ3v) is 5.29. The standard InChI is InChI=1S/C25H28N4O4/c1-25(2,3)33-24(31)28-14-13-18(15-28)29-16-21(23(26)30)22(27-29)17-9-11-20(12-10-17)32-19-7-5-4-6-8-19/h4-12,16,18H,13-15H2,1-3H3,(H2,26,30). The molecular formula is C25H28N4O4. The number of likely N-dealkylation sites (tertiary alicyclic amines) is 1. The number of nitrogens with two attached hydrogens (primary N) is 1. The average molecular weight is 449 g/mol. The Kier molecular flexibility index (Phi) is 6.09. The summed E-state index contributed by atoms with van der Waals surface area (Å²) in [5, 5.41) is 4.66. The monoisotopic (exact) mass is 448 g/mol. The topological polar surface area (TPSA) is 99.7 Å². The van der Waals surface area contributed by atoms with E-state index in [1.54, 1.807) is 15.8 Å². The fourth-order valence-electron chi connectivity index (χ4n) is 3.73. The third-order valence-electron chi connectivity index (χ3n) is 5.29. The van der Waals surface area contributed by atoms with Gasteiger partial charge in [0.15, 0.2) is 0 Å². The highest BCUT2D eigenvalue weighted by Gasteiger charge is 2.32. The molecule has 3 aromatic rings. The number of aromatic nitrogens is 2. The maximum absolute atomic E-state index is 12.4. The number of hydrogen-bond acceptors (Lipinski definition) is 5. The van der Waals surface area contributed by atoms with Gasteiger partial charge in [-0.2, -0.15) is 5.10 Å². The third kappa shape index (κ3) is 5.34. The van der Waals surface area contributed by atoms with Gasteiger partial charge in [0.25, 0.3) is 5.91 Å². The van der Waals surface area contributed by atoms with Gasteiger partial charge in [0, 0.05) is 24.8 Å². The van der Waals surface area contributed by atoms with Gasteiger partial charge >= 0.3 is 6.09 Å². The summed E-state index contributed by atoms with van der Waals surface area (Å²) in [6.07, 6.45) is 2.03. The first-order chi connectivity index (χ1) is 15.7. The van der Waals surface area contributed by atoms with Gasteiger partial charge in [-0.3, -0.25) is 9.48 Å². The summed E-state index contributed by atoms with van der Waals surface area (Å²) < 4.78 is 13.0. The Morgan fingerprint density at radius 3 is 2.33 bits per heavy atom. The molecule has 0 saturated carbocycles. The molecule has 172 valence electrons. The summed E-state index contributed by atoms with van der Waals surface area (Å²) in [5.41, 5.74) is 6.68. The van der Waals surface area contributed by atoms with Gasteiger partial charge in [0.1, 0.15) is 22.8 Å². The van der Waals surface area contributed by atoms with Crippen molar-refractivity contribution in [2.24, 2.45) is 5.73 Å². The molecule has 4 rings (SSSR count). The molecule has 1 aromatic heterocycles. The molecule has 0 aliphatic carbocycles. The van der Waals surface area contributed by atoms with Crippen molar-refractivity contribution in [2.45, 2.75) is 38.8 Å². The summed E-state index contributed by atoms with van der Waals surface area (Å²) in [6.45, 7) is 6.54. The van der Waals surface area contributed by atoms with E-state index in [1.807, 2.05) is 75.4 Å². The summed E-state index contributed by atoms with van der Waals surface area (Å²) in [7, 11) is 0. The van der Waals surface area contributed by atoms with Crippen LogP contribution in [0.1, 0.15) is 43.6 Å². The zero-order chi connectivity index (χ0) is 23.6. The molecule has 1 fully saturated rings. The minimum atomic E-state index is -0.553. The number of para-hydroxylation sites is 1. The van der Waals surface area contributed by atoms with Crippen LogP contribution in [0.25, 0.3) is 11.3 Å². The zero-order valence-corrected chi connectivity index (χ0v) is 19.0. The first-order valence-electron chi connectivity index (χ1n) is 10.9. The molecule has 1 aliphatic heterocycles. The number of hydrogen-bond donors (Lipinski definition) is 1. The summed E-state index contributed by atoms with van der Waals surface area (Å²) in [5.74, 6) is 0.861. The summed E-state index contributed by atoms with van der Waals surface area (Å²) >= 11 is 0. The highest BCUT2D eigenvalue weighted by molar-refractivity contribution is 5.98. The van der Waals surface area contributed by atoms with Crippen molar-refractivity contribution < 1.29 is 19.1 Å². The van der Waals surface area contributed by atoms with Gasteiger partial charge in [-0.15, -0.1) is 0 Å². The van der Waals surface area contributed by atoms with Crippen LogP contribution in [-0.4, -0.2) is 45.4 Å². The second-order valence-electron chi connectivity index (χ2n) is 9.04. The van der Waals surface area contributed by atoms with E-state index in [4.69, 9.17) is 15.2 Å². The van der Waals surface area contributed by atoms with Gasteiger partial charge in [-0.25, -0.2) is 4.79 Å². The Hall–Kier alpha value is -3.81. The fourth-order valence-corrected chi connectivity index (χ4v) is 3.73. The van der Waals surface area contributed by atoms with E-state index in [2.05, 4.69) is 5.10 Å². The molecule has 1 saturated heterocycles. The Morgan fingerprint density at radius 1 is 1.03 bits per heavy atom. The number of rotatable bonds is 5. The van der Waals surface area contributed by atoms with E-state index in [9.17, 15) is 9.59 Å². The number of amides is 2. The van der Waals surface area contributed by atoms with Crippen LogP contribution < -0.4 is 10.5 Å². The zero-order valence-electron chi connectivity index (χ0n) is 19.0. The molecule has 8 heteroatoms. The minimum Gasteiger partial charge on any atom is -0.457 e. The molecule has 2 heterocycles. The van der Waals surface area contributed by atoms with Gasteiger partial charge in [0.05, 0.1) is 11.6 Å². The van der Waals surface area contributed by atoms with Crippen molar-refractivity contribution in [3.8, 4) is 22.8 Å². The molecule has 0 radical (unpaired) electrons. The van der Waals surface area contributed by atoms with E-state index in [0.717, 1.165) is 11.3 Å². The second kappa shape index (κ2) is 8.97. The lowest BCUT2D eigenvalue weighted by atomic mass is 10.1. The van der Waals surface area contributed by atoms with E-state index < -0.39 is 11.5 Å². The van der Waals surface area contributed by atoms with Crippen LogP contribution in [0.5, 0.6) is 11.5 Å². The van der Waals surface area contributed by atoms with Crippen LogP contribution in [0.4, 0.5) is 4.79 Å². The van der Waals surface area contributed by atoms with Crippen LogP contribution in [-0.2, 0) is 4.74 Å². The smallest absolute Gasteiger partial charge is 0.410 e. The SMILES string of the molecule is CC(C)(C)OC(=O)N1CCC(n2cc(C(N)=O)c(-c3ccc(Oc4ccccc4)cc3)n2)C1. The first-order valence-corrected chi connectivity index (χ1v) is 10.9. The summed E-state index contributed by atoms with van der Waals surface area (Å²) in [6, 6.07) is 16.8. The van der Waals surface area contributed by atoms with Crippen LogP contribution in [0, 0.1) is 0 Å². The average Bonchev–Trinajstić information content (AvgIpc) is 3.42. The van der Waals surface area contributed by atoms with E-state index in [-0.39, 0.29) is 12.1 Å². The molecule has 33 heavy (non-hydrogen) atoms. The molecule has 2 aromatic carbocycles. The number of primary amides is 1. The predicted molar refractivity (Wildman–Crippen MR) is 124 cm³/mol. The highest BCUT2D eigenvalue weighted by Crippen LogP contribution is 2.30. The largest absolute Gasteiger partial charge is 0.457 e. The molecule has 8 nitrogen and oxygen atoms in total. The number of ether oxygens (including phenoxy) is 2. The number of carbonyl (C=O) groups excluding carboxylic acids is 2. The molecule has 0 bridgehead atoms. The number of nitrogens with zero attached hydrogens (tertiary/aromatic N) is 3. The fraction of sp³-hybridized carbons (Fsp3) is 0.320. The Labute approximate surface area is 192 Å². The first kappa shape index (κ1) is 22.4. The maximum Gasteiger partial charge on any atom is 0.410 e. The van der Waals surface area contributed by atoms with Crippen LogP contribution in [0.3, 0.4) is 0 Å². The minimum absolute atomic E-state index is 0.0648. The van der Waals surface area contributed by atoms with Crippen molar-refractivity contribution in [3.05, 3.63) is 66.4 Å². The van der Waals surface area contributed by atoms with Crippen molar-refractivity contribution in [1.29, 1.82) is 0 Å². The molecule has 1 unspecified atom stereocenters. The van der Waals surface area contributed by atoms with Crippen LogP contribution in [0.15, 0.2) is 60.8 Å². The van der Waals surface area contributed by atoms with E-state index in [1.165, 1.54) is 0 Å². The van der Waals surface area contributed by atoms with Crippen molar-refractivity contribution in [1.82, 2.24) is 14.7 Å². The van der Waals surface area contributed by atoms with Crippen LogP contribution >= 0.6 is 0 Å². The number of carbonyl (C=O) groups is 2. The quantitative estimate of drug-likeness (QED) is 0.614. The molecule has 0 spiro atoms. The highest BCUT2D eigenvalue weighted by atomic mass is 16.6. The van der Waals surface area contributed by atoms with Crippen molar-refractivity contribution >= 4 is 12.0 Å². The maximum atomic E-state index is 12.4. The lowest BCUT2D eigenvalue weighted by Crippen LogP contribution is -2.35. The molecule has 2 amide bonds. The van der Waals surface area contributed by atoms with Gasteiger partial charge in [-0.05, 0) is 63.6 Å². The Balaban J connectivity index is 1.52. The molecule has 1 aliphatic rings. The van der Waals surface area contributed by atoms with Crippen molar-refractivity contribution in [2.75, 3.05) is 13.1 Å². The summed E-state index contributed by atoms with van der Waals surface area (Å²) in [4.78, 5) is 26.2. The van der Waals surface area contributed by atoms with E-state index in [0.29, 0.717) is 36.5 Å². The normalized spacial score (nSPS) is 16.0. The number of benzene rings is 2. The Morgan fingerprint density at radius 2 is 1.70 bits per heavy atom. The molecular weight excluding hydrogens is 420 g/mol. The Bertz CT molecular complexity index is 1130. The van der Waals surface area contributed by atoms with Gasteiger partial charge in [0.2, 0.25) is 0 Å². The predicted octanol–water partition coefficient (Wildman–Crippen LogP) is 4.62. The van der Waals surface area contributed by atoms with Gasteiger partial charge in [-0.1, -0.05) is 18.2 Å². The van der Waals surface area contributed by atoms with E-state index >= 15 is 0 Å². The van der Waals surface area contributed by atoms with Crippen molar-refractivity contribution in [3.63, 3.8) is 0 Å². The molecule has 1 atom stereocenters.